The SMILES string of the molecule is O=S(=O)(c1ccccc1Cl)N(c1cccc(CN2CCN(CC3CCCCO3)CC2)c1)S(=O)(=O)c1ccccc1Cl. The van der Waals surface area contributed by atoms with E-state index in [0.29, 0.717) is 16.4 Å². The number of nitrogens with zero attached hydrogens (tertiary/aromatic N) is 3. The number of benzene rings is 3. The first kappa shape index (κ1) is 30.3. The zero-order chi connectivity index (χ0) is 29.0. The Kier molecular flexibility index (Phi) is 9.60. The van der Waals surface area contributed by atoms with Crippen molar-refractivity contribution >= 4 is 48.9 Å². The van der Waals surface area contributed by atoms with Crippen LogP contribution < -0.4 is 3.71 Å². The van der Waals surface area contributed by atoms with E-state index < -0.39 is 20.0 Å². The van der Waals surface area contributed by atoms with Gasteiger partial charge in [-0.05, 0) is 61.2 Å². The van der Waals surface area contributed by atoms with Crippen LogP contribution in [0.5, 0.6) is 0 Å². The summed E-state index contributed by atoms with van der Waals surface area (Å²) in [5.41, 5.74) is 0.774. The second-order valence-electron chi connectivity index (χ2n) is 10.3. The molecule has 0 aromatic heterocycles. The molecule has 2 saturated heterocycles. The summed E-state index contributed by atoms with van der Waals surface area (Å²) >= 11 is 12.5. The Morgan fingerprint density at radius 3 is 1.90 bits per heavy atom. The van der Waals surface area contributed by atoms with E-state index in [9.17, 15) is 16.8 Å². The summed E-state index contributed by atoms with van der Waals surface area (Å²) in [6.07, 6.45) is 3.77. The molecule has 8 nitrogen and oxygen atoms in total. The fraction of sp³-hybridized carbons (Fsp3) is 0.379. The van der Waals surface area contributed by atoms with Crippen LogP contribution in [-0.4, -0.2) is 72.1 Å². The molecule has 0 spiro atoms. The zero-order valence-corrected chi connectivity index (χ0v) is 25.7. The molecule has 2 aliphatic rings. The van der Waals surface area contributed by atoms with Gasteiger partial charge >= 0.3 is 0 Å². The Labute approximate surface area is 252 Å². The lowest BCUT2D eigenvalue weighted by Crippen LogP contribution is -2.48. The minimum atomic E-state index is -4.66. The van der Waals surface area contributed by atoms with E-state index in [4.69, 9.17) is 27.9 Å². The molecule has 0 amide bonds. The lowest BCUT2D eigenvalue weighted by molar-refractivity contribution is -0.0145. The van der Waals surface area contributed by atoms with Crippen LogP contribution in [0.3, 0.4) is 0 Å². The molecule has 0 N–H and O–H groups in total. The van der Waals surface area contributed by atoms with Crippen molar-refractivity contribution in [3.63, 3.8) is 0 Å². The first-order chi connectivity index (χ1) is 19.7. The highest BCUT2D eigenvalue weighted by Gasteiger charge is 2.39. The largest absolute Gasteiger partial charge is 0.377 e. The second-order valence-corrected chi connectivity index (χ2v) is 14.9. The first-order valence-electron chi connectivity index (χ1n) is 13.6. The summed E-state index contributed by atoms with van der Waals surface area (Å²) in [7, 11) is -9.31. The predicted molar refractivity (Wildman–Crippen MR) is 162 cm³/mol. The van der Waals surface area contributed by atoms with Crippen LogP contribution in [0.1, 0.15) is 24.8 Å². The molecule has 3 aromatic carbocycles. The number of ether oxygens (including phenoxy) is 1. The average Bonchev–Trinajstić information content (AvgIpc) is 2.95. The minimum Gasteiger partial charge on any atom is -0.377 e. The van der Waals surface area contributed by atoms with E-state index in [-0.39, 0.29) is 25.5 Å². The highest BCUT2D eigenvalue weighted by Crippen LogP contribution is 2.36. The van der Waals surface area contributed by atoms with E-state index in [1.54, 1.807) is 24.3 Å². The molecule has 0 aliphatic carbocycles. The van der Waals surface area contributed by atoms with Gasteiger partial charge in [-0.3, -0.25) is 9.80 Å². The van der Waals surface area contributed by atoms with Crippen LogP contribution >= 0.6 is 23.2 Å². The summed E-state index contributed by atoms with van der Waals surface area (Å²) in [5.74, 6) is 0. The molecule has 0 bridgehead atoms. The monoisotopic (exact) mass is 637 g/mol. The molecule has 5 rings (SSSR count). The summed E-state index contributed by atoms with van der Waals surface area (Å²) in [6, 6.07) is 18.1. The molecule has 2 aliphatic heterocycles. The van der Waals surface area contributed by atoms with Gasteiger partial charge in [0.25, 0.3) is 20.0 Å². The maximum atomic E-state index is 14.0. The van der Waals surface area contributed by atoms with E-state index in [2.05, 4.69) is 9.80 Å². The van der Waals surface area contributed by atoms with Crippen molar-refractivity contribution in [2.45, 2.75) is 41.7 Å². The number of sulfonamides is 2. The molecule has 12 heteroatoms. The third kappa shape index (κ3) is 6.91. The maximum absolute atomic E-state index is 14.0. The molecule has 1 atom stereocenters. The van der Waals surface area contributed by atoms with Crippen LogP contribution in [0.15, 0.2) is 82.6 Å². The first-order valence-corrected chi connectivity index (χ1v) is 17.2. The molecule has 220 valence electrons. The van der Waals surface area contributed by atoms with E-state index >= 15 is 0 Å². The van der Waals surface area contributed by atoms with Crippen molar-refractivity contribution < 1.29 is 21.6 Å². The Balaban J connectivity index is 1.41. The van der Waals surface area contributed by atoms with Gasteiger partial charge in [-0.1, -0.05) is 59.6 Å². The summed E-state index contributed by atoms with van der Waals surface area (Å²) in [6.45, 7) is 5.84. The molecule has 41 heavy (non-hydrogen) atoms. The number of hydrogen-bond acceptors (Lipinski definition) is 7. The highest BCUT2D eigenvalue weighted by molar-refractivity contribution is 8.10. The Morgan fingerprint density at radius 1 is 0.756 bits per heavy atom. The number of anilines is 1. The van der Waals surface area contributed by atoms with Crippen LogP contribution in [0.2, 0.25) is 10.0 Å². The molecule has 2 fully saturated rings. The van der Waals surface area contributed by atoms with Gasteiger partial charge in [-0.2, -0.15) is 20.5 Å². The van der Waals surface area contributed by atoms with Crippen LogP contribution in [0.4, 0.5) is 5.69 Å². The van der Waals surface area contributed by atoms with Gasteiger partial charge in [0.1, 0.15) is 9.79 Å². The van der Waals surface area contributed by atoms with Gasteiger partial charge in [0.15, 0.2) is 0 Å². The molecule has 1 unspecified atom stereocenters. The molecule has 0 saturated carbocycles. The number of piperazine rings is 1. The molecule has 0 radical (unpaired) electrons. The van der Waals surface area contributed by atoms with Gasteiger partial charge in [-0.15, -0.1) is 0 Å². The van der Waals surface area contributed by atoms with Crippen molar-refractivity contribution in [1.29, 1.82) is 0 Å². The number of hydrogen-bond donors (Lipinski definition) is 0. The molecule has 3 aromatic rings. The Hall–Kier alpha value is -2.18. The Bertz CT molecular complexity index is 1500. The summed E-state index contributed by atoms with van der Waals surface area (Å²) < 4.78 is 62.3. The topological polar surface area (TPSA) is 87.2 Å². The number of halogens is 2. The van der Waals surface area contributed by atoms with E-state index in [1.165, 1.54) is 48.9 Å². The van der Waals surface area contributed by atoms with Crippen molar-refractivity contribution in [2.75, 3.05) is 43.0 Å². The molecular formula is C29H33Cl2N3O5S2. The van der Waals surface area contributed by atoms with Crippen molar-refractivity contribution in [1.82, 2.24) is 9.80 Å². The van der Waals surface area contributed by atoms with Gasteiger partial charge in [-0.25, -0.2) is 0 Å². The van der Waals surface area contributed by atoms with Gasteiger partial charge in [0.05, 0.1) is 21.8 Å². The third-order valence-corrected chi connectivity index (χ3v) is 12.6. The second kappa shape index (κ2) is 13.0. The van der Waals surface area contributed by atoms with Crippen molar-refractivity contribution in [3.05, 3.63) is 88.4 Å². The highest BCUT2D eigenvalue weighted by atomic mass is 35.5. The maximum Gasteiger partial charge on any atom is 0.279 e. The fourth-order valence-corrected chi connectivity index (χ4v) is 9.93. The van der Waals surface area contributed by atoms with Gasteiger partial charge < -0.3 is 4.74 Å². The van der Waals surface area contributed by atoms with Crippen LogP contribution in [0.25, 0.3) is 0 Å². The smallest absolute Gasteiger partial charge is 0.279 e. The molecule has 2 heterocycles. The van der Waals surface area contributed by atoms with Crippen LogP contribution in [-0.2, 0) is 31.3 Å². The number of rotatable bonds is 9. The van der Waals surface area contributed by atoms with Crippen LogP contribution in [0, 0.1) is 0 Å². The van der Waals surface area contributed by atoms with Gasteiger partial charge in [0.2, 0.25) is 0 Å². The standard InChI is InChI=1S/C29H33Cl2N3O5S2/c30-26-11-1-3-13-28(26)40(35,36)34(41(37,38)29-14-4-2-12-27(29)31)24-9-7-8-23(20-24)21-32-15-17-33(18-16-32)22-25-10-5-6-19-39-25/h1-4,7-9,11-14,20,25H,5-6,10,15-19,21-22H2. The normalized spacial score (nSPS) is 19.2. The molecular weight excluding hydrogens is 605 g/mol. The van der Waals surface area contributed by atoms with E-state index in [1.807, 2.05) is 6.07 Å². The Morgan fingerprint density at radius 2 is 1.34 bits per heavy atom. The fourth-order valence-electron chi connectivity index (χ4n) is 5.29. The summed E-state index contributed by atoms with van der Waals surface area (Å²) in [4.78, 5) is 4.07. The zero-order valence-electron chi connectivity index (χ0n) is 22.5. The lowest BCUT2D eigenvalue weighted by Gasteiger charge is -2.37. The van der Waals surface area contributed by atoms with Crippen molar-refractivity contribution in [3.8, 4) is 0 Å². The minimum absolute atomic E-state index is 0.0181. The third-order valence-electron chi connectivity index (χ3n) is 7.39. The predicted octanol–water partition coefficient (Wildman–Crippen LogP) is 5.26. The lowest BCUT2D eigenvalue weighted by atomic mass is 10.1. The average molecular weight is 639 g/mol. The van der Waals surface area contributed by atoms with E-state index in [0.717, 1.165) is 57.7 Å². The van der Waals surface area contributed by atoms with Crippen molar-refractivity contribution in [2.24, 2.45) is 0 Å². The van der Waals surface area contributed by atoms with Gasteiger partial charge in [0, 0.05) is 45.9 Å². The summed E-state index contributed by atoms with van der Waals surface area (Å²) in [5, 5.41) is -0.168. The quantitative estimate of drug-likeness (QED) is 0.316.